The number of thioether (sulfide) groups is 1. The molecule has 3 nitrogen and oxygen atoms in total. The van der Waals surface area contributed by atoms with Crippen LogP contribution < -0.4 is 5.32 Å². The summed E-state index contributed by atoms with van der Waals surface area (Å²) in [6.45, 7) is 0.926. The summed E-state index contributed by atoms with van der Waals surface area (Å²) >= 11 is 8.08. The zero-order valence-electron chi connectivity index (χ0n) is 12.0. The van der Waals surface area contributed by atoms with E-state index in [9.17, 15) is 0 Å². The molecule has 0 atom stereocenters. The van der Waals surface area contributed by atoms with E-state index >= 15 is 0 Å². The molecule has 1 heterocycles. The Kier molecular flexibility index (Phi) is 4.36. The fourth-order valence-corrected chi connectivity index (χ4v) is 3.60. The molecule has 0 bridgehead atoms. The lowest BCUT2D eigenvalue weighted by atomic mass is 9.84. The Morgan fingerprint density at radius 2 is 2.00 bits per heavy atom. The first-order chi connectivity index (χ1) is 10.2. The first-order valence-corrected chi connectivity index (χ1v) is 8.70. The molecule has 1 aliphatic rings. The molecule has 2 aromatic rings. The topological polar surface area (TPSA) is 37.8 Å². The molecule has 1 aliphatic carbocycles. The molecule has 0 radical (unpaired) electrons. The highest BCUT2D eigenvalue weighted by Crippen LogP contribution is 2.42. The monoisotopic (exact) mass is 319 g/mol. The highest BCUT2D eigenvalue weighted by Gasteiger charge is 2.35. The number of benzene rings is 1. The number of nitrogens with one attached hydrogen (secondary N) is 1. The molecule has 1 N–H and O–H groups in total. The summed E-state index contributed by atoms with van der Waals surface area (Å²) in [7, 11) is 0. The summed E-state index contributed by atoms with van der Waals surface area (Å²) in [5, 5.41) is 3.90. The van der Waals surface area contributed by atoms with Gasteiger partial charge in [0.2, 0.25) is 0 Å². The van der Waals surface area contributed by atoms with Crippen LogP contribution in [0.2, 0.25) is 5.15 Å². The minimum absolute atomic E-state index is 0.365. The summed E-state index contributed by atoms with van der Waals surface area (Å²) in [6, 6.07) is 11.7. The average Bonchev–Trinajstić information content (AvgIpc) is 2.47. The molecule has 1 fully saturated rings. The van der Waals surface area contributed by atoms with Crippen molar-refractivity contribution in [1.82, 2.24) is 9.97 Å². The van der Waals surface area contributed by atoms with Crippen LogP contribution in [0.25, 0.3) is 11.4 Å². The van der Waals surface area contributed by atoms with Gasteiger partial charge in [0.15, 0.2) is 5.82 Å². The van der Waals surface area contributed by atoms with Crippen LogP contribution in [0.4, 0.5) is 5.82 Å². The van der Waals surface area contributed by atoms with E-state index in [1.165, 1.54) is 19.3 Å². The smallest absolute Gasteiger partial charge is 0.163 e. The molecule has 1 aromatic carbocycles. The van der Waals surface area contributed by atoms with Crippen molar-refractivity contribution in [1.29, 1.82) is 0 Å². The van der Waals surface area contributed by atoms with Gasteiger partial charge in [0.05, 0.1) is 0 Å². The second kappa shape index (κ2) is 6.24. The summed E-state index contributed by atoms with van der Waals surface area (Å²) in [6.07, 6.45) is 6.04. The second-order valence-corrected chi connectivity index (χ2v) is 7.02. The summed E-state index contributed by atoms with van der Waals surface area (Å²) in [4.78, 5) is 8.90. The van der Waals surface area contributed by atoms with Crippen molar-refractivity contribution >= 4 is 29.2 Å². The number of halogens is 1. The minimum atomic E-state index is 0.365. The van der Waals surface area contributed by atoms with Crippen molar-refractivity contribution in [2.45, 2.75) is 24.0 Å². The molecular formula is C16H18ClN3S. The Bertz CT molecular complexity index is 609. The maximum atomic E-state index is 6.14. The summed E-state index contributed by atoms with van der Waals surface area (Å²) < 4.78 is 0.365. The van der Waals surface area contributed by atoms with E-state index in [0.717, 1.165) is 17.9 Å². The van der Waals surface area contributed by atoms with Crippen LogP contribution in [0.3, 0.4) is 0 Å². The van der Waals surface area contributed by atoms with E-state index < -0.39 is 0 Å². The van der Waals surface area contributed by atoms with Crippen LogP contribution >= 0.6 is 23.4 Å². The van der Waals surface area contributed by atoms with Gasteiger partial charge in [0.1, 0.15) is 11.0 Å². The van der Waals surface area contributed by atoms with Gasteiger partial charge < -0.3 is 5.32 Å². The number of anilines is 1. The van der Waals surface area contributed by atoms with Crippen molar-refractivity contribution in [3.63, 3.8) is 0 Å². The predicted molar refractivity (Wildman–Crippen MR) is 91.1 cm³/mol. The number of hydrogen-bond donors (Lipinski definition) is 1. The first-order valence-electron chi connectivity index (χ1n) is 7.10. The Morgan fingerprint density at radius 1 is 1.24 bits per heavy atom. The number of aromatic nitrogens is 2. The Hall–Kier alpha value is -1.26. The first kappa shape index (κ1) is 14.7. The van der Waals surface area contributed by atoms with E-state index in [1.54, 1.807) is 6.07 Å². The van der Waals surface area contributed by atoms with Gasteiger partial charge in [-0.05, 0) is 19.1 Å². The highest BCUT2D eigenvalue weighted by molar-refractivity contribution is 8.00. The Balaban J connectivity index is 1.78. The van der Waals surface area contributed by atoms with Crippen molar-refractivity contribution in [2.75, 3.05) is 18.1 Å². The van der Waals surface area contributed by atoms with E-state index in [1.807, 2.05) is 42.1 Å². The largest absolute Gasteiger partial charge is 0.369 e. The van der Waals surface area contributed by atoms with Crippen molar-refractivity contribution in [2.24, 2.45) is 0 Å². The van der Waals surface area contributed by atoms with E-state index in [0.29, 0.717) is 15.7 Å². The van der Waals surface area contributed by atoms with Crippen LogP contribution in [-0.2, 0) is 0 Å². The highest BCUT2D eigenvalue weighted by atomic mass is 35.5. The van der Waals surface area contributed by atoms with E-state index in [2.05, 4.69) is 21.5 Å². The van der Waals surface area contributed by atoms with Gasteiger partial charge in [-0.1, -0.05) is 48.4 Å². The van der Waals surface area contributed by atoms with Gasteiger partial charge in [0.25, 0.3) is 0 Å². The molecule has 0 unspecified atom stereocenters. The zero-order chi connectivity index (χ0) is 14.7. The molecule has 0 saturated heterocycles. The quantitative estimate of drug-likeness (QED) is 0.824. The molecule has 0 aliphatic heterocycles. The van der Waals surface area contributed by atoms with Crippen LogP contribution in [0.15, 0.2) is 36.4 Å². The summed E-state index contributed by atoms with van der Waals surface area (Å²) in [5.41, 5.74) is 0.978. The summed E-state index contributed by atoms with van der Waals surface area (Å²) in [5.74, 6) is 1.46. The fourth-order valence-electron chi connectivity index (χ4n) is 2.50. The average molecular weight is 320 g/mol. The fraction of sp³-hybridized carbons (Fsp3) is 0.375. The van der Waals surface area contributed by atoms with Crippen LogP contribution in [0.1, 0.15) is 19.3 Å². The molecule has 0 amide bonds. The molecule has 3 rings (SSSR count). The third kappa shape index (κ3) is 3.33. The molecule has 0 spiro atoms. The van der Waals surface area contributed by atoms with Crippen LogP contribution in [0.5, 0.6) is 0 Å². The minimum Gasteiger partial charge on any atom is -0.369 e. The number of nitrogens with zero attached hydrogens (tertiary/aromatic N) is 2. The third-order valence-corrected chi connectivity index (χ3v) is 5.63. The zero-order valence-corrected chi connectivity index (χ0v) is 13.5. The predicted octanol–water partition coefficient (Wildman–Crippen LogP) is 4.49. The third-order valence-electron chi connectivity index (χ3n) is 4.02. The second-order valence-electron chi connectivity index (χ2n) is 5.36. The number of rotatable bonds is 5. The van der Waals surface area contributed by atoms with Crippen molar-refractivity contribution < 1.29 is 0 Å². The van der Waals surface area contributed by atoms with Crippen LogP contribution in [0, 0.1) is 0 Å². The van der Waals surface area contributed by atoms with Gasteiger partial charge in [-0.25, -0.2) is 9.97 Å². The van der Waals surface area contributed by atoms with Crippen molar-refractivity contribution in [3.8, 4) is 11.4 Å². The standard InChI is InChI=1S/C16H18ClN3S/c1-21-16(8-5-9-16)11-18-14-10-13(17)19-15(20-14)12-6-3-2-4-7-12/h2-4,6-7,10H,5,8-9,11H2,1H3,(H,18,19,20). The maximum Gasteiger partial charge on any atom is 0.163 e. The van der Waals surface area contributed by atoms with Crippen LogP contribution in [-0.4, -0.2) is 27.5 Å². The lowest BCUT2D eigenvalue weighted by molar-refractivity contribution is 0.379. The molecule has 1 saturated carbocycles. The Labute approximate surface area is 134 Å². The maximum absolute atomic E-state index is 6.14. The Morgan fingerprint density at radius 3 is 2.62 bits per heavy atom. The van der Waals surface area contributed by atoms with Gasteiger partial charge >= 0.3 is 0 Å². The van der Waals surface area contributed by atoms with E-state index in [-0.39, 0.29) is 0 Å². The lowest BCUT2D eigenvalue weighted by Gasteiger charge is -2.40. The van der Waals surface area contributed by atoms with Gasteiger partial charge in [-0.15, -0.1) is 0 Å². The van der Waals surface area contributed by atoms with Gasteiger partial charge in [-0.3, -0.25) is 0 Å². The SMILES string of the molecule is CSC1(CNc2cc(Cl)nc(-c3ccccc3)n2)CCC1. The molecule has 5 heteroatoms. The number of hydrogen-bond acceptors (Lipinski definition) is 4. The normalized spacial score (nSPS) is 16.3. The van der Waals surface area contributed by atoms with Gasteiger partial charge in [0, 0.05) is 22.9 Å². The van der Waals surface area contributed by atoms with Crippen molar-refractivity contribution in [3.05, 3.63) is 41.6 Å². The van der Waals surface area contributed by atoms with E-state index in [4.69, 9.17) is 11.6 Å². The lowest BCUT2D eigenvalue weighted by Crippen LogP contribution is -2.40. The van der Waals surface area contributed by atoms with Gasteiger partial charge in [-0.2, -0.15) is 11.8 Å². The molecular weight excluding hydrogens is 302 g/mol. The molecule has 110 valence electrons. The molecule has 21 heavy (non-hydrogen) atoms. The molecule has 1 aromatic heterocycles.